The average Bonchev–Trinajstić information content (AvgIpc) is 2.61. The van der Waals surface area contributed by atoms with E-state index < -0.39 is 11.5 Å². The summed E-state index contributed by atoms with van der Waals surface area (Å²) in [5.41, 5.74) is 2.00. The van der Waals surface area contributed by atoms with Crippen LogP contribution in [0.4, 0.5) is 10.1 Å². The number of aryl methyl sites for hydroxylation is 1. The number of aromatic nitrogens is 2. The molecule has 0 saturated carbocycles. The van der Waals surface area contributed by atoms with Crippen molar-refractivity contribution in [3.63, 3.8) is 0 Å². The van der Waals surface area contributed by atoms with Crippen LogP contribution in [0.2, 0.25) is 5.02 Å². The molecule has 132 valence electrons. The number of benzene rings is 2. The molecule has 0 bridgehead atoms. The van der Waals surface area contributed by atoms with Gasteiger partial charge >= 0.3 is 0 Å². The maximum absolute atomic E-state index is 13.1. The molecule has 0 aliphatic heterocycles. The van der Waals surface area contributed by atoms with Crippen molar-refractivity contribution in [3.05, 3.63) is 81.4 Å². The van der Waals surface area contributed by atoms with E-state index in [1.165, 1.54) is 24.3 Å². The second kappa shape index (κ2) is 7.49. The molecule has 0 aliphatic rings. The third kappa shape index (κ3) is 3.97. The number of halogens is 2. The first kappa shape index (κ1) is 17.8. The molecule has 0 unspecified atom stereocenters. The zero-order chi connectivity index (χ0) is 18.7. The highest BCUT2D eigenvalue weighted by atomic mass is 35.5. The van der Waals surface area contributed by atoms with Crippen molar-refractivity contribution >= 4 is 23.2 Å². The number of rotatable bonds is 4. The minimum atomic E-state index is -0.424. The van der Waals surface area contributed by atoms with E-state index in [1.807, 2.05) is 13.0 Å². The maximum Gasteiger partial charge on any atom is 0.267 e. The molecule has 3 aromatic rings. The van der Waals surface area contributed by atoms with Gasteiger partial charge in [-0.2, -0.15) is 5.10 Å². The van der Waals surface area contributed by atoms with Crippen LogP contribution in [0.3, 0.4) is 0 Å². The molecular formula is C19H15ClFN3O2. The van der Waals surface area contributed by atoms with E-state index in [2.05, 4.69) is 10.4 Å². The summed E-state index contributed by atoms with van der Waals surface area (Å²) in [6, 6.07) is 13.8. The van der Waals surface area contributed by atoms with E-state index in [1.54, 1.807) is 24.3 Å². The van der Waals surface area contributed by atoms with Crippen LogP contribution in [0.15, 0.2) is 59.4 Å². The van der Waals surface area contributed by atoms with Gasteiger partial charge in [-0.05, 0) is 48.9 Å². The van der Waals surface area contributed by atoms with E-state index in [4.69, 9.17) is 11.6 Å². The standard InChI is InChI=1S/C19H15ClFN3O2/c1-12-3-2-4-15(20)19(12)22-17(25)11-24-18(26)10-9-16(23-24)13-5-7-14(21)8-6-13/h2-10H,11H2,1H3,(H,22,25). The van der Waals surface area contributed by atoms with Crippen LogP contribution in [0.5, 0.6) is 0 Å². The Morgan fingerprint density at radius 1 is 1.15 bits per heavy atom. The Kier molecular flexibility index (Phi) is 5.14. The zero-order valence-corrected chi connectivity index (χ0v) is 14.6. The predicted octanol–water partition coefficient (Wildman–Crippen LogP) is 3.65. The summed E-state index contributed by atoms with van der Waals surface area (Å²) in [6.45, 7) is 1.56. The van der Waals surface area contributed by atoms with E-state index in [0.29, 0.717) is 22.0 Å². The molecule has 0 aliphatic carbocycles. The Bertz CT molecular complexity index is 996. The molecule has 1 aromatic heterocycles. The van der Waals surface area contributed by atoms with Gasteiger partial charge in [0.05, 0.1) is 16.4 Å². The minimum Gasteiger partial charge on any atom is -0.323 e. The molecule has 1 heterocycles. The molecule has 0 spiro atoms. The van der Waals surface area contributed by atoms with Gasteiger partial charge in [-0.25, -0.2) is 9.07 Å². The maximum atomic E-state index is 13.1. The van der Waals surface area contributed by atoms with Gasteiger partial charge in [-0.3, -0.25) is 9.59 Å². The molecule has 5 nitrogen and oxygen atoms in total. The molecule has 7 heteroatoms. The van der Waals surface area contributed by atoms with E-state index in [0.717, 1.165) is 10.2 Å². The number of amides is 1. The molecule has 1 amide bonds. The molecule has 3 rings (SSSR count). The van der Waals surface area contributed by atoms with Gasteiger partial charge in [0.2, 0.25) is 5.91 Å². The molecule has 0 atom stereocenters. The highest BCUT2D eigenvalue weighted by molar-refractivity contribution is 6.33. The third-order valence-electron chi connectivity index (χ3n) is 3.79. The summed E-state index contributed by atoms with van der Waals surface area (Å²) >= 11 is 6.10. The number of nitrogens with zero attached hydrogens (tertiary/aromatic N) is 2. The van der Waals surface area contributed by atoms with Crippen LogP contribution in [0.25, 0.3) is 11.3 Å². The first-order valence-electron chi connectivity index (χ1n) is 7.83. The van der Waals surface area contributed by atoms with Crippen LogP contribution in [0, 0.1) is 12.7 Å². The van der Waals surface area contributed by atoms with Crippen molar-refractivity contribution < 1.29 is 9.18 Å². The lowest BCUT2D eigenvalue weighted by Crippen LogP contribution is -2.29. The van der Waals surface area contributed by atoms with Gasteiger partial charge in [0.15, 0.2) is 0 Å². The third-order valence-corrected chi connectivity index (χ3v) is 4.10. The van der Waals surface area contributed by atoms with Crippen LogP contribution in [-0.4, -0.2) is 15.7 Å². The second-order valence-electron chi connectivity index (χ2n) is 5.70. The predicted molar refractivity (Wildman–Crippen MR) is 98.7 cm³/mol. The normalized spacial score (nSPS) is 10.6. The quantitative estimate of drug-likeness (QED) is 0.761. The lowest BCUT2D eigenvalue weighted by molar-refractivity contribution is -0.117. The fraction of sp³-hybridized carbons (Fsp3) is 0.105. The number of carbonyl (C=O) groups is 1. The number of nitrogens with one attached hydrogen (secondary N) is 1. The molecular weight excluding hydrogens is 357 g/mol. The Morgan fingerprint density at radius 2 is 1.88 bits per heavy atom. The van der Waals surface area contributed by atoms with Gasteiger partial charge in [0.25, 0.3) is 5.56 Å². The topological polar surface area (TPSA) is 64.0 Å². The van der Waals surface area contributed by atoms with E-state index in [9.17, 15) is 14.0 Å². The summed E-state index contributed by atoms with van der Waals surface area (Å²) in [6.07, 6.45) is 0. The van der Waals surface area contributed by atoms with Crippen LogP contribution in [0.1, 0.15) is 5.56 Å². The molecule has 0 saturated heterocycles. The number of anilines is 1. The number of hydrogen-bond acceptors (Lipinski definition) is 3. The van der Waals surface area contributed by atoms with Gasteiger partial charge in [-0.15, -0.1) is 0 Å². The average molecular weight is 372 g/mol. The first-order chi connectivity index (χ1) is 12.4. The fourth-order valence-electron chi connectivity index (χ4n) is 2.44. The highest BCUT2D eigenvalue weighted by Crippen LogP contribution is 2.25. The number of hydrogen-bond donors (Lipinski definition) is 1. The Hall–Kier alpha value is -2.99. The van der Waals surface area contributed by atoms with Gasteiger partial charge in [0.1, 0.15) is 12.4 Å². The second-order valence-corrected chi connectivity index (χ2v) is 6.11. The van der Waals surface area contributed by atoms with E-state index in [-0.39, 0.29) is 12.4 Å². The van der Waals surface area contributed by atoms with Crippen LogP contribution < -0.4 is 10.9 Å². The molecule has 1 N–H and O–H groups in total. The van der Waals surface area contributed by atoms with Crippen molar-refractivity contribution in [3.8, 4) is 11.3 Å². The molecule has 0 fully saturated rings. The lowest BCUT2D eigenvalue weighted by Gasteiger charge is -2.11. The van der Waals surface area contributed by atoms with Crippen molar-refractivity contribution in [1.29, 1.82) is 0 Å². The van der Waals surface area contributed by atoms with Gasteiger partial charge in [-0.1, -0.05) is 23.7 Å². The van der Waals surface area contributed by atoms with Crippen LogP contribution in [-0.2, 0) is 11.3 Å². The van der Waals surface area contributed by atoms with Crippen LogP contribution >= 0.6 is 11.6 Å². The van der Waals surface area contributed by atoms with Gasteiger partial charge < -0.3 is 5.32 Å². The summed E-state index contributed by atoms with van der Waals surface area (Å²) in [4.78, 5) is 24.3. The van der Waals surface area contributed by atoms with Crippen molar-refractivity contribution in [2.24, 2.45) is 0 Å². The van der Waals surface area contributed by atoms with E-state index >= 15 is 0 Å². The SMILES string of the molecule is Cc1cccc(Cl)c1NC(=O)Cn1nc(-c2ccc(F)cc2)ccc1=O. The summed E-state index contributed by atoms with van der Waals surface area (Å²) in [5, 5.41) is 7.30. The number of para-hydroxylation sites is 1. The Morgan fingerprint density at radius 3 is 2.58 bits per heavy atom. The Labute approximate surface area is 154 Å². The fourth-order valence-corrected chi connectivity index (χ4v) is 2.71. The first-order valence-corrected chi connectivity index (χ1v) is 8.21. The zero-order valence-electron chi connectivity index (χ0n) is 13.9. The minimum absolute atomic E-state index is 0.265. The largest absolute Gasteiger partial charge is 0.323 e. The van der Waals surface area contributed by atoms with Gasteiger partial charge in [0, 0.05) is 11.6 Å². The summed E-state index contributed by atoms with van der Waals surface area (Å²) in [5.74, 6) is -0.788. The monoisotopic (exact) mass is 371 g/mol. The van der Waals surface area contributed by atoms with Crippen molar-refractivity contribution in [2.75, 3.05) is 5.32 Å². The highest BCUT2D eigenvalue weighted by Gasteiger charge is 2.11. The van der Waals surface area contributed by atoms with Crippen molar-refractivity contribution in [1.82, 2.24) is 9.78 Å². The summed E-state index contributed by atoms with van der Waals surface area (Å²) in [7, 11) is 0. The smallest absolute Gasteiger partial charge is 0.267 e. The Balaban J connectivity index is 1.83. The molecule has 26 heavy (non-hydrogen) atoms. The van der Waals surface area contributed by atoms with Crippen molar-refractivity contribution in [2.45, 2.75) is 13.5 Å². The number of carbonyl (C=O) groups excluding carboxylic acids is 1. The summed E-state index contributed by atoms with van der Waals surface area (Å²) < 4.78 is 14.1. The lowest BCUT2D eigenvalue weighted by atomic mass is 10.1. The molecule has 2 aromatic carbocycles. The molecule has 0 radical (unpaired) electrons.